The zero-order valence-electron chi connectivity index (χ0n) is 13.1. The predicted molar refractivity (Wildman–Crippen MR) is 90.9 cm³/mol. The second-order valence-corrected chi connectivity index (χ2v) is 7.19. The highest BCUT2D eigenvalue weighted by molar-refractivity contribution is 9.10. The summed E-state index contributed by atoms with van der Waals surface area (Å²) in [6, 6.07) is 7.21. The maximum absolute atomic E-state index is 12.6. The van der Waals surface area contributed by atoms with E-state index in [-0.39, 0.29) is 23.2 Å². The molecule has 0 spiro atoms. The average molecular weight is 378 g/mol. The van der Waals surface area contributed by atoms with Gasteiger partial charge in [-0.3, -0.25) is 9.59 Å². The van der Waals surface area contributed by atoms with Gasteiger partial charge in [-0.2, -0.15) is 0 Å². The monoisotopic (exact) mass is 377 g/mol. The van der Waals surface area contributed by atoms with Gasteiger partial charge in [-0.1, -0.05) is 47.3 Å². The summed E-state index contributed by atoms with van der Waals surface area (Å²) in [5.74, 6) is -1.03. The van der Waals surface area contributed by atoms with Crippen LogP contribution in [0.25, 0.3) is 0 Å². The van der Waals surface area contributed by atoms with Gasteiger partial charge in [-0.25, -0.2) is 0 Å². The van der Waals surface area contributed by atoms with Crippen LogP contribution < -0.4 is 0 Å². The minimum absolute atomic E-state index is 0.0869. The Kier molecular flexibility index (Phi) is 4.57. The quantitative estimate of drug-likeness (QED) is 0.863. The number of amides is 1. The summed E-state index contributed by atoms with van der Waals surface area (Å²) < 4.78 is 0.937. The summed E-state index contributed by atoms with van der Waals surface area (Å²) in [4.78, 5) is 26.4. The molecule has 5 heteroatoms. The standard InChI is InChI=1S/C18H20BrNO3/c1-11(21)15-16(12-7-9-13(19)10-8-12)20(18(23)17(15)22)14-5-3-2-4-6-14/h7-10,14,16,22H,2-6H2,1H3/t16-/m0/s1. The lowest BCUT2D eigenvalue weighted by atomic mass is 9.90. The number of benzene rings is 1. The van der Waals surface area contributed by atoms with Crippen molar-refractivity contribution in [1.29, 1.82) is 0 Å². The molecule has 0 unspecified atom stereocenters. The topological polar surface area (TPSA) is 57.6 Å². The van der Waals surface area contributed by atoms with Gasteiger partial charge in [0.2, 0.25) is 0 Å². The molecule has 0 saturated heterocycles. The highest BCUT2D eigenvalue weighted by atomic mass is 79.9. The first-order valence-electron chi connectivity index (χ1n) is 8.03. The summed E-state index contributed by atoms with van der Waals surface area (Å²) in [5.41, 5.74) is 1.09. The fourth-order valence-electron chi connectivity index (χ4n) is 3.69. The summed E-state index contributed by atoms with van der Waals surface area (Å²) in [6.07, 6.45) is 5.20. The minimum atomic E-state index is -0.476. The van der Waals surface area contributed by atoms with Gasteiger partial charge >= 0.3 is 0 Å². The molecule has 0 aromatic heterocycles. The molecule has 3 rings (SSSR count). The van der Waals surface area contributed by atoms with Crippen LogP contribution in [-0.4, -0.2) is 27.7 Å². The Labute approximate surface area is 144 Å². The number of rotatable bonds is 3. The fourth-order valence-corrected chi connectivity index (χ4v) is 3.96. The van der Waals surface area contributed by atoms with Gasteiger partial charge in [-0.15, -0.1) is 0 Å². The van der Waals surface area contributed by atoms with Gasteiger partial charge in [0, 0.05) is 10.5 Å². The van der Waals surface area contributed by atoms with E-state index < -0.39 is 11.9 Å². The summed E-state index contributed by atoms with van der Waals surface area (Å²) in [6.45, 7) is 1.41. The highest BCUT2D eigenvalue weighted by Crippen LogP contribution is 2.42. The Morgan fingerprint density at radius 2 is 1.78 bits per heavy atom. The molecule has 0 radical (unpaired) electrons. The largest absolute Gasteiger partial charge is 0.503 e. The maximum Gasteiger partial charge on any atom is 0.290 e. The van der Waals surface area contributed by atoms with Gasteiger partial charge in [-0.05, 0) is 37.5 Å². The lowest BCUT2D eigenvalue weighted by Crippen LogP contribution is -2.41. The molecule has 1 atom stereocenters. The zero-order valence-corrected chi connectivity index (χ0v) is 14.7. The van der Waals surface area contributed by atoms with Crippen molar-refractivity contribution < 1.29 is 14.7 Å². The van der Waals surface area contributed by atoms with Crippen molar-refractivity contribution >= 4 is 27.6 Å². The van der Waals surface area contributed by atoms with Crippen molar-refractivity contribution in [2.75, 3.05) is 0 Å². The third-order valence-corrected chi connectivity index (χ3v) is 5.31. The SMILES string of the molecule is CC(=O)C1=C(O)C(=O)N(C2CCCCC2)[C@H]1c1ccc(Br)cc1. The van der Waals surface area contributed by atoms with Crippen LogP contribution in [0, 0.1) is 0 Å². The Balaban J connectivity index is 2.05. The molecule has 1 aliphatic heterocycles. The van der Waals surface area contributed by atoms with E-state index in [4.69, 9.17) is 0 Å². The smallest absolute Gasteiger partial charge is 0.290 e. The van der Waals surface area contributed by atoms with Crippen LogP contribution in [0.4, 0.5) is 0 Å². The molecule has 1 amide bonds. The number of Topliss-reactive ketones (excluding diaryl/α,β-unsaturated/α-hetero) is 1. The van der Waals surface area contributed by atoms with Crippen molar-refractivity contribution in [3.63, 3.8) is 0 Å². The van der Waals surface area contributed by atoms with E-state index in [9.17, 15) is 14.7 Å². The van der Waals surface area contributed by atoms with Crippen LogP contribution >= 0.6 is 15.9 Å². The number of carbonyl (C=O) groups is 2. The first-order chi connectivity index (χ1) is 11.0. The molecule has 122 valence electrons. The Morgan fingerprint density at radius 1 is 1.17 bits per heavy atom. The molecule has 1 heterocycles. The maximum atomic E-state index is 12.6. The molecular formula is C18H20BrNO3. The van der Waals surface area contributed by atoms with E-state index in [0.717, 1.165) is 35.7 Å². The number of aliphatic hydroxyl groups is 1. The van der Waals surface area contributed by atoms with E-state index in [1.165, 1.54) is 13.3 Å². The molecule has 1 fully saturated rings. The number of halogens is 1. The molecule has 1 aromatic carbocycles. The summed E-state index contributed by atoms with van der Waals surface area (Å²) in [7, 11) is 0. The van der Waals surface area contributed by atoms with Crippen LogP contribution in [0.3, 0.4) is 0 Å². The molecule has 1 aliphatic carbocycles. The second-order valence-electron chi connectivity index (χ2n) is 6.28. The lowest BCUT2D eigenvalue weighted by Gasteiger charge is -2.36. The van der Waals surface area contributed by atoms with Crippen molar-refractivity contribution in [2.24, 2.45) is 0 Å². The van der Waals surface area contributed by atoms with Crippen LogP contribution in [0.2, 0.25) is 0 Å². The number of aliphatic hydroxyl groups excluding tert-OH is 1. The number of ketones is 1. The van der Waals surface area contributed by atoms with Crippen molar-refractivity contribution in [3.8, 4) is 0 Å². The van der Waals surface area contributed by atoms with Crippen LogP contribution in [-0.2, 0) is 9.59 Å². The third kappa shape index (κ3) is 2.94. The zero-order chi connectivity index (χ0) is 16.6. The normalized spacial score (nSPS) is 22.8. The van der Waals surface area contributed by atoms with Crippen molar-refractivity contribution in [3.05, 3.63) is 45.6 Å². The van der Waals surface area contributed by atoms with Gasteiger partial charge in [0.1, 0.15) is 0 Å². The van der Waals surface area contributed by atoms with Crippen molar-refractivity contribution in [2.45, 2.75) is 51.1 Å². The Bertz CT molecular complexity index is 659. The van der Waals surface area contributed by atoms with Gasteiger partial charge in [0.05, 0.1) is 11.6 Å². The highest BCUT2D eigenvalue weighted by Gasteiger charge is 2.45. The molecule has 1 aromatic rings. The summed E-state index contributed by atoms with van der Waals surface area (Å²) in [5, 5.41) is 10.3. The predicted octanol–water partition coefficient (Wildman–Crippen LogP) is 4.07. The van der Waals surface area contributed by atoms with Crippen LogP contribution in [0.1, 0.15) is 50.6 Å². The Morgan fingerprint density at radius 3 is 2.35 bits per heavy atom. The lowest BCUT2D eigenvalue weighted by molar-refractivity contribution is -0.132. The van der Waals surface area contributed by atoms with Gasteiger partial charge in [0.15, 0.2) is 11.5 Å². The van der Waals surface area contributed by atoms with Crippen molar-refractivity contribution in [1.82, 2.24) is 4.90 Å². The summed E-state index contributed by atoms with van der Waals surface area (Å²) >= 11 is 3.40. The average Bonchev–Trinajstić information content (AvgIpc) is 2.81. The molecule has 4 nitrogen and oxygen atoms in total. The van der Waals surface area contributed by atoms with E-state index >= 15 is 0 Å². The molecule has 23 heavy (non-hydrogen) atoms. The first-order valence-corrected chi connectivity index (χ1v) is 8.82. The number of nitrogens with zero attached hydrogens (tertiary/aromatic N) is 1. The first kappa shape index (κ1) is 16.2. The minimum Gasteiger partial charge on any atom is -0.503 e. The molecule has 0 bridgehead atoms. The number of carbonyl (C=O) groups excluding carboxylic acids is 2. The number of hydrogen-bond donors (Lipinski definition) is 1. The molecule has 1 saturated carbocycles. The van der Waals surface area contributed by atoms with E-state index in [2.05, 4.69) is 15.9 Å². The molecular weight excluding hydrogens is 358 g/mol. The van der Waals surface area contributed by atoms with Crippen LogP contribution in [0.15, 0.2) is 40.1 Å². The van der Waals surface area contributed by atoms with E-state index in [0.29, 0.717) is 0 Å². The molecule has 2 aliphatic rings. The number of hydrogen-bond acceptors (Lipinski definition) is 3. The van der Waals surface area contributed by atoms with E-state index in [1.807, 2.05) is 24.3 Å². The van der Waals surface area contributed by atoms with E-state index in [1.54, 1.807) is 4.90 Å². The third-order valence-electron chi connectivity index (χ3n) is 4.78. The van der Waals surface area contributed by atoms with Crippen LogP contribution in [0.5, 0.6) is 0 Å². The van der Waals surface area contributed by atoms with Gasteiger partial charge in [0.25, 0.3) is 5.91 Å². The second kappa shape index (κ2) is 6.48. The fraction of sp³-hybridized carbons (Fsp3) is 0.444. The molecule has 1 N–H and O–H groups in total. The van der Waals surface area contributed by atoms with Gasteiger partial charge < -0.3 is 10.0 Å². The Hall–Kier alpha value is -1.62.